The summed E-state index contributed by atoms with van der Waals surface area (Å²) in [5, 5.41) is 2.10. The molecule has 1 aliphatic heterocycles. The maximum Gasteiger partial charge on any atom is 0.247 e. The van der Waals surface area contributed by atoms with E-state index in [-0.39, 0.29) is 24.9 Å². The number of nitrogens with two attached hydrogens (primary N) is 1. The molecule has 1 unspecified atom stereocenters. The lowest BCUT2D eigenvalue weighted by Crippen LogP contribution is -2.45. The van der Waals surface area contributed by atoms with Crippen LogP contribution < -0.4 is 20.1 Å². The largest absolute Gasteiger partial charge is 0.496 e. The minimum absolute atomic E-state index is 0. The van der Waals surface area contributed by atoms with Crippen LogP contribution in [0, 0.1) is 0 Å². The number of nitrogens with zero attached hydrogens (tertiary/aromatic N) is 1. The van der Waals surface area contributed by atoms with Crippen LogP contribution in [-0.2, 0) is 11.3 Å². The molecule has 5 nitrogen and oxygen atoms in total. The predicted molar refractivity (Wildman–Crippen MR) is 117 cm³/mol. The van der Waals surface area contributed by atoms with Crippen LogP contribution in [0.5, 0.6) is 11.5 Å². The highest BCUT2D eigenvalue weighted by molar-refractivity contribution is 9.10. The minimum atomic E-state index is -0.715. The zero-order chi connectivity index (χ0) is 19.0. The molecule has 1 aliphatic rings. The normalized spacial score (nSPS) is 16.0. The lowest BCUT2D eigenvalue weighted by Gasteiger charge is -2.25. The smallest absolute Gasteiger partial charge is 0.247 e. The van der Waals surface area contributed by atoms with Gasteiger partial charge in [-0.25, -0.2) is 0 Å². The van der Waals surface area contributed by atoms with E-state index in [1.54, 1.807) is 12.0 Å². The SMILES string of the molecule is COc1ccc2cc(Br)ccc2c1CN1C(=O)C(N)COc2ccccc21.Cl. The van der Waals surface area contributed by atoms with Gasteiger partial charge in [0.2, 0.25) is 5.91 Å². The van der Waals surface area contributed by atoms with Crippen LogP contribution in [-0.4, -0.2) is 25.7 Å². The summed E-state index contributed by atoms with van der Waals surface area (Å²) in [6.07, 6.45) is 0. The highest BCUT2D eigenvalue weighted by Gasteiger charge is 2.30. The molecule has 0 aromatic heterocycles. The van der Waals surface area contributed by atoms with Crippen LogP contribution in [0.3, 0.4) is 0 Å². The number of ether oxygens (including phenoxy) is 2. The van der Waals surface area contributed by atoms with Gasteiger partial charge in [0.1, 0.15) is 24.1 Å². The first-order valence-corrected chi connectivity index (χ1v) is 9.41. The Morgan fingerprint density at radius 2 is 2.00 bits per heavy atom. The summed E-state index contributed by atoms with van der Waals surface area (Å²) in [6.45, 7) is 0.501. The van der Waals surface area contributed by atoms with Gasteiger partial charge in [-0.2, -0.15) is 0 Å². The summed E-state index contributed by atoms with van der Waals surface area (Å²) in [5.74, 6) is 1.21. The fraction of sp³-hybridized carbons (Fsp3) is 0.190. The van der Waals surface area contributed by atoms with Crippen molar-refractivity contribution in [2.45, 2.75) is 12.6 Å². The molecule has 7 heteroatoms. The Balaban J connectivity index is 0.00000225. The molecule has 0 bridgehead atoms. The van der Waals surface area contributed by atoms with E-state index in [0.29, 0.717) is 18.0 Å². The number of halogens is 2. The third kappa shape index (κ3) is 3.68. The van der Waals surface area contributed by atoms with Gasteiger partial charge in [-0.1, -0.05) is 40.2 Å². The van der Waals surface area contributed by atoms with Crippen molar-refractivity contribution < 1.29 is 14.3 Å². The number of carbonyl (C=O) groups excluding carboxylic acids is 1. The van der Waals surface area contributed by atoms with E-state index in [0.717, 1.165) is 26.6 Å². The third-order valence-corrected chi connectivity index (χ3v) is 5.24. The van der Waals surface area contributed by atoms with Gasteiger partial charge in [0.15, 0.2) is 0 Å². The maximum absolute atomic E-state index is 13.0. The Hall–Kier alpha value is -2.28. The maximum atomic E-state index is 13.0. The monoisotopic (exact) mass is 462 g/mol. The van der Waals surface area contributed by atoms with E-state index in [9.17, 15) is 4.79 Å². The molecule has 4 rings (SSSR count). The molecule has 1 heterocycles. The fourth-order valence-corrected chi connectivity index (χ4v) is 3.77. The second-order valence-electron chi connectivity index (χ2n) is 6.42. The van der Waals surface area contributed by atoms with Crippen molar-refractivity contribution in [3.05, 3.63) is 64.6 Å². The van der Waals surface area contributed by atoms with Gasteiger partial charge in [-0.3, -0.25) is 4.79 Å². The molecule has 0 radical (unpaired) electrons. The summed E-state index contributed by atoms with van der Waals surface area (Å²) in [5.41, 5.74) is 7.70. The fourth-order valence-electron chi connectivity index (χ4n) is 3.39. The van der Waals surface area contributed by atoms with Crippen molar-refractivity contribution in [2.24, 2.45) is 5.73 Å². The molecule has 0 saturated heterocycles. The standard InChI is InChI=1S/C21H19BrN2O3.ClH/c1-26-19-9-6-13-10-14(22)7-8-15(13)16(19)11-24-18-4-2-3-5-20(18)27-12-17(23)21(24)25;/h2-10,17H,11-12,23H2,1H3;1H. The Morgan fingerprint density at radius 1 is 1.21 bits per heavy atom. The molecule has 2 N–H and O–H groups in total. The van der Waals surface area contributed by atoms with Gasteiger partial charge in [-0.05, 0) is 41.1 Å². The summed E-state index contributed by atoms with van der Waals surface area (Å²) < 4.78 is 12.3. The van der Waals surface area contributed by atoms with Gasteiger partial charge in [0.25, 0.3) is 0 Å². The first kappa shape index (κ1) is 20.5. The van der Waals surface area contributed by atoms with E-state index in [2.05, 4.69) is 15.9 Å². The van der Waals surface area contributed by atoms with Crippen LogP contribution in [0.15, 0.2) is 59.1 Å². The minimum Gasteiger partial charge on any atom is -0.496 e. The molecular weight excluding hydrogens is 444 g/mol. The number of amides is 1. The van der Waals surface area contributed by atoms with Gasteiger partial charge in [0, 0.05) is 10.0 Å². The van der Waals surface area contributed by atoms with Gasteiger partial charge < -0.3 is 20.1 Å². The van der Waals surface area contributed by atoms with E-state index < -0.39 is 6.04 Å². The Morgan fingerprint density at radius 3 is 2.79 bits per heavy atom. The molecule has 1 amide bonds. The Labute approximate surface area is 177 Å². The van der Waals surface area contributed by atoms with Gasteiger partial charge >= 0.3 is 0 Å². The number of anilines is 1. The quantitative estimate of drug-likeness (QED) is 0.629. The van der Waals surface area contributed by atoms with Crippen molar-refractivity contribution in [3.63, 3.8) is 0 Å². The van der Waals surface area contributed by atoms with Crippen molar-refractivity contribution in [3.8, 4) is 11.5 Å². The van der Waals surface area contributed by atoms with Crippen molar-refractivity contribution in [2.75, 3.05) is 18.6 Å². The second kappa shape index (κ2) is 8.39. The van der Waals surface area contributed by atoms with Gasteiger partial charge in [0.05, 0.1) is 19.3 Å². The van der Waals surface area contributed by atoms with Crippen LogP contribution >= 0.6 is 28.3 Å². The van der Waals surface area contributed by atoms with Gasteiger partial charge in [-0.15, -0.1) is 12.4 Å². The topological polar surface area (TPSA) is 64.8 Å². The molecule has 0 aliphatic carbocycles. The predicted octanol–water partition coefficient (Wildman–Crippen LogP) is 4.29. The molecule has 28 heavy (non-hydrogen) atoms. The van der Waals surface area contributed by atoms with Crippen molar-refractivity contribution in [1.82, 2.24) is 0 Å². The molecule has 0 spiro atoms. The van der Waals surface area contributed by atoms with E-state index >= 15 is 0 Å². The highest BCUT2D eigenvalue weighted by Crippen LogP contribution is 2.36. The number of carbonyl (C=O) groups is 1. The molecule has 0 fully saturated rings. The Bertz CT molecular complexity index is 1030. The summed E-state index contributed by atoms with van der Waals surface area (Å²) >= 11 is 3.51. The second-order valence-corrected chi connectivity index (χ2v) is 7.34. The number of hydrogen-bond acceptors (Lipinski definition) is 4. The van der Waals surface area contributed by atoms with Crippen molar-refractivity contribution in [1.29, 1.82) is 0 Å². The Kier molecular flexibility index (Phi) is 6.13. The molecule has 0 saturated carbocycles. The summed E-state index contributed by atoms with van der Waals surface area (Å²) in [4.78, 5) is 14.7. The van der Waals surface area contributed by atoms with Crippen LogP contribution in [0.2, 0.25) is 0 Å². The van der Waals surface area contributed by atoms with Crippen LogP contribution in [0.4, 0.5) is 5.69 Å². The highest BCUT2D eigenvalue weighted by atomic mass is 79.9. The zero-order valence-corrected chi connectivity index (χ0v) is 17.6. The number of rotatable bonds is 3. The lowest BCUT2D eigenvalue weighted by molar-refractivity contribution is -0.120. The van der Waals surface area contributed by atoms with Crippen LogP contribution in [0.25, 0.3) is 10.8 Å². The first-order chi connectivity index (χ1) is 13.1. The lowest BCUT2D eigenvalue weighted by atomic mass is 10.0. The molecule has 1 atom stereocenters. The number of methoxy groups -OCH3 is 1. The summed E-state index contributed by atoms with van der Waals surface area (Å²) in [7, 11) is 1.64. The summed E-state index contributed by atoms with van der Waals surface area (Å²) in [6, 6.07) is 16.8. The van der Waals surface area contributed by atoms with E-state index in [1.165, 1.54) is 0 Å². The van der Waals surface area contributed by atoms with E-state index in [1.807, 2.05) is 54.6 Å². The molecular formula is C21H20BrClN2O3. The first-order valence-electron chi connectivity index (χ1n) is 8.62. The van der Waals surface area contributed by atoms with Crippen molar-refractivity contribution >= 4 is 50.7 Å². The average Bonchev–Trinajstić information content (AvgIpc) is 2.80. The number of fused-ring (bicyclic) bond motifs is 2. The van der Waals surface area contributed by atoms with E-state index in [4.69, 9.17) is 15.2 Å². The molecule has 146 valence electrons. The third-order valence-electron chi connectivity index (χ3n) is 4.74. The number of benzene rings is 3. The molecule has 3 aromatic carbocycles. The molecule has 3 aromatic rings. The zero-order valence-electron chi connectivity index (χ0n) is 15.2. The number of para-hydroxylation sites is 2. The van der Waals surface area contributed by atoms with Crippen LogP contribution in [0.1, 0.15) is 5.56 Å². The average molecular weight is 464 g/mol. The number of hydrogen-bond donors (Lipinski definition) is 1.